The van der Waals surface area contributed by atoms with Crippen LogP contribution in [-0.2, 0) is 11.2 Å². The van der Waals surface area contributed by atoms with E-state index in [-0.39, 0.29) is 0 Å². The van der Waals surface area contributed by atoms with Gasteiger partial charge in [-0.05, 0) is 62.1 Å². The Bertz CT molecular complexity index is 751. The Morgan fingerprint density at radius 3 is 3.00 bits per heavy atom. The second-order valence-corrected chi connectivity index (χ2v) is 7.65. The molecule has 4 nitrogen and oxygen atoms in total. The second kappa shape index (κ2) is 7.03. The Hall–Kier alpha value is -2.10. The zero-order valence-corrected chi connectivity index (χ0v) is 15.0. The van der Waals surface area contributed by atoms with Crippen LogP contribution in [-0.4, -0.2) is 34.1 Å². The first kappa shape index (κ1) is 16.4. The molecule has 1 saturated heterocycles. The highest BCUT2D eigenvalue weighted by atomic mass is 16.2. The van der Waals surface area contributed by atoms with Gasteiger partial charge in [0.15, 0.2) is 0 Å². The molecule has 1 fully saturated rings. The van der Waals surface area contributed by atoms with Crippen molar-refractivity contribution in [3.8, 4) is 0 Å². The second-order valence-electron chi connectivity index (χ2n) is 7.65. The van der Waals surface area contributed by atoms with Gasteiger partial charge >= 0.3 is 0 Å². The van der Waals surface area contributed by atoms with E-state index in [1.54, 1.807) is 0 Å². The fourth-order valence-electron chi connectivity index (χ4n) is 4.50. The summed E-state index contributed by atoms with van der Waals surface area (Å²) >= 11 is 0. The number of fused-ring (bicyclic) bond motifs is 1. The molecule has 4 rings (SSSR count). The number of aromatic nitrogens is 2. The topological polar surface area (TPSA) is 49.0 Å². The molecule has 1 aromatic carbocycles. The molecule has 4 heteroatoms. The zero-order chi connectivity index (χ0) is 17.2. The van der Waals surface area contributed by atoms with Gasteiger partial charge in [0.25, 0.3) is 0 Å². The quantitative estimate of drug-likeness (QED) is 0.922. The third-order valence-corrected chi connectivity index (χ3v) is 5.83. The van der Waals surface area contributed by atoms with Crippen LogP contribution in [0.5, 0.6) is 0 Å². The standard InChI is InChI=1S/C21H27N3O/c1-15-12-20(23-22-15)18-9-5-11-24(14-18)21(25)13-17-8-4-7-16-6-2-3-10-19(16)17/h2-3,6,10,12,17-18H,4-5,7-9,11,13-14H2,1H3,(H,22,23). The normalized spacial score (nSPS) is 23.3. The Morgan fingerprint density at radius 1 is 1.28 bits per heavy atom. The summed E-state index contributed by atoms with van der Waals surface area (Å²) in [5.41, 5.74) is 5.05. The van der Waals surface area contributed by atoms with Gasteiger partial charge in [-0.3, -0.25) is 9.89 Å². The Labute approximate surface area is 149 Å². The Kier molecular flexibility index (Phi) is 4.60. The van der Waals surface area contributed by atoms with Crippen molar-refractivity contribution >= 4 is 5.91 Å². The largest absolute Gasteiger partial charge is 0.342 e. The van der Waals surface area contributed by atoms with E-state index < -0.39 is 0 Å². The SMILES string of the molecule is Cc1cc(C2CCCN(C(=O)CC3CCCc4ccccc43)C2)n[nH]1. The average Bonchev–Trinajstić information content (AvgIpc) is 3.09. The summed E-state index contributed by atoms with van der Waals surface area (Å²) in [7, 11) is 0. The van der Waals surface area contributed by atoms with Gasteiger partial charge in [-0.2, -0.15) is 5.10 Å². The molecular formula is C21H27N3O. The molecule has 1 aliphatic heterocycles. The number of aryl methyl sites for hydroxylation is 2. The van der Waals surface area contributed by atoms with Crippen LogP contribution >= 0.6 is 0 Å². The van der Waals surface area contributed by atoms with Gasteiger partial charge in [-0.15, -0.1) is 0 Å². The number of piperidine rings is 1. The molecule has 2 aromatic rings. The van der Waals surface area contributed by atoms with Crippen molar-refractivity contribution in [3.05, 3.63) is 52.8 Å². The molecule has 1 aliphatic carbocycles. The molecule has 0 spiro atoms. The van der Waals surface area contributed by atoms with E-state index in [0.717, 1.165) is 50.2 Å². The Balaban J connectivity index is 1.43. The zero-order valence-electron chi connectivity index (χ0n) is 15.0. The molecule has 1 N–H and O–H groups in total. The predicted molar refractivity (Wildman–Crippen MR) is 98.6 cm³/mol. The van der Waals surface area contributed by atoms with E-state index in [9.17, 15) is 4.79 Å². The van der Waals surface area contributed by atoms with E-state index in [1.165, 1.54) is 17.5 Å². The summed E-state index contributed by atoms with van der Waals surface area (Å²) in [5, 5.41) is 7.45. The number of nitrogens with one attached hydrogen (secondary N) is 1. The minimum atomic E-state index is 0.318. The van der Waals surface area contributed by atoms with Crippen LogP contribution in [0.4, 0.5) is 0 Å². The Morgan fingerprint density at radius 2 is 2.16 bits per heavy atom. The van der Waals surface area contributed by atoms with Gasteiger partial charge in [-0.1, -0.05) is 24.3 Å². The molecule has 2 aliphatic rings. The summed E-state index contributed by atoms with van der Waals surface area (Å²) in [6.45, 7) is 3.74. The van der Waals surface area contributed by atoms with Crippen molar-refractivity contribution in [1.82, 2.24) is 15.1 Å². The first-order chi connectivity index (χ1) is 12.2. The number of nitrogens with zero attached hydrogens (tertiary/aromatic N) is 2. The molecule has 2 heterocycles. The maximum atomic E-state index is 13.0. The summed E-state index contributed by atoms with van der Waals surface area (Å²) in [6.07, 6.45) is 6.35. The highest BCUT2D eigenvalue weighted by Gasteiger charge is 2.29. The predicted octanol–water partition coefficient (Wildman–Crippen LogP) is 3.93. The van der Waals surface area contributed by atoms with Crippen molar-refractivity contribution in [2.45, 2.75) is 57.3 Å². The maximum Gasteiger partial charge on any atom is 0.223 e. The van der Waals surface area contributed by atoms with E-state index >= 15 is 0 Å². The molecular weight excluding hydrogens is 310 g/mol. The van der Waals surface area contributed by atoms with Gasteiger partial charge in [0.2, 0.25) is 5.91 Å². The van der Waals surface area contributed by atoms with Gasteiger partial charge in [0, 0.05) is 31.1 Å². The minimum absolute atomic E-state index is 0.318. The molecule has 0 bridgehead atoms. The van der Waals surface area contributed by atoms with Gasteiger partial charge in [-0.25, -0.2) is 0 Å². The van der Waals surface area contributed by atoms with Crippen molar-refractivity contribution in [1.29, 1.82) is 0 Å². The van der Waals surface area contributed by atoms with E-state index in [4.69, 9.17) is 0 Å². The molecule has 0 saturated carbocycles. The molecule has 25 heavy (non-hydrogen) atoms. The molecule has 2 atom stereocenters. The number of carbonyl (C=O) groups is 1. The number of rotatable bonds is 3. The summed E-state index contributed by atoms with van der Waals surface area (Å²) < 4.78 is 0. The van der Waals surface area contributed by atoms with Crippen LogP contribution in [0.3, 0.4) is 0 Å². The van der Waals surface area contributed by atoms with Gasteiger partial charge in [0.05, 0.1) is 5.69 Å². The highest BCUT2D eigenvalue weighted by Crippen LogP contribution is 2.35. The first-order valence-corrected chi connectivity index (χ1v) is 9.58. The summed E-state index contributed by atoms with van der Waals surface area (Å²) in [4.78, 5) is 15.0. The van der Waals surface area contributed by atoms with Crippen LogP contribution in [0.25, 0.3) is 0 Å². The van der Waals surface area contributed by atoms with Crippen LogP contribution < -0.4 is 0 Å². The lowest BCUT2D eigenvalue weighted by Gasteiger charge is -2.34. The lowest BCUT2D eigenvalue weighted by atomic mass is 9.80. The average molecular weight is 337 g/mol. The highest BCUT2D eigenvalue weighted by molar-refractivity contribution is 5.77. The van der Waals surface area contributed by atoms with Crippen molar-refractivity contribution in [3.63, 3.8) is 0 Å². The maximum absolute atomic E-state index is 13.0. The van der Waals surface area contributed by atoms with E-state index in [0.29, 0.717) is 24.2 Å². The minimum Gasteiger partial charge on any atom is -0.342 e. The van der Waals surface area contributed by atoms with Gasteiger partial charge < -0.3 is 4.90 Å². The fraction of sp³-hybridized carbons (Fsp3) is 0.524. The number of H-pyrrole nitrogens is 1. The molecule has 1 aromatic heterocycles. The summed E-state index contributed by atoms with van der Waals surface area (Å²) in [5.74, 6) is 1.09. The van der Waals surface area contributed by atoms with Crippen LogP contribution in [0.15, 0.2) is 30.3 Å². The van der Waals surface area contributed by atoms with Crippen LogP contribution in [0, 0.1) is 6.92 Å². The number of amides is 1. The molecule has 1 amide bonds. The van der Waals surface area contributed by atoms with Crippen molar-refractivity contribution in [2.24, 2.45) is 0 Å². The van der Waals surface area contributed by atoms with Crippen LogP contribution in [0.1, 0.15) is 66.5 Å². The van der Waals surface area contributed by atoms with E-state index in [1.807, 2.05) is 6.92 Å². The van der Waals surface area contributed by atoms with Crippen LogP contribution in [0.2, 0.25) is 0 Å². The number of aromatic amines is 1. The summed E-state index contributed by atoms with van der Waals surface area (Å²) in [6, 6.07) is 10.8. The van der Waals surface area contributed by atoms with E-state index in [2.05, 4.69) is 45.4 Å². The third-order valence-electron chi connectivity index (χ3n) is 5.83. The monoisotopic (exact) mass is 337 g/mol. The van der Waals surface area contributed by atoms with Gasteiger partial charge in [0.1, 0.15) is 0 Å². The molecule has 0 radical (unpaired) electrons. The lowest BCUT2D eigenvalue weighted by Crippen LogP contribution is -2.40. The fourth-order valence-corrected chi connectivity index (χ4v) is 4.50. The third kappa shape index (κ3) is 3.48. The lowest BCUT2D eigenvalue weighted by molar-refractivity contribution is -0.132. The van der Waals surface area contributed by atoms with Crippen molar-refractivity contribution < 1.29 is 4.79 Å². The number of likely N-dealkylation sites (tertiary alicyclic amines) is 1. The number of benzene rings is 1. The number of carbonyl (C=O) groups excluding carboxylic acids is 1. The smallest absolute Gasteiger partial charge is 0.223 e. The molecule has 132 valence electrons. The number of hydrogen-bond acceptors (Lipinski definition) is 2. The first-order valence-electron chi connectivity index (χ1n) is 9.58. The molecule has 2 unspecified atom stereocenters. The number of hydrogen-bond donors (Lipinski definition) is 1. The van der Waals surface area contributed by atoms with Crippen molar-refractivity contribution in [2.75, 3.05) is 13.1 Å².